The van der Waals surface area contributed by atoms with Crippen molar-refractivity contribution in [2.24, 2.45) is 0 Å². The van der Waals surface area contributed by atoms with Gasteiger partial charge in [0.2, 0.25) is 0 Å². The minimum atomic E-state index is 0.869. The summed E-state index contributed by atoms with van der Waals surface area (Å²) >= 11 is 0. The molecule has 0 unspecified atom stereocenters. The zero-order valence-electron chi connectivity index (χ0n) is 11.3. The summed E-state index contributed by atoms with van der Waals surface area (Å²) in [7, 11) is 1.69. The van der Waals surface area contributed by atoms with E-state index in [2.05, 4.69) is 30.2 Å². The number of ether oxygens (including phenoxy) is 1. The predicted molar refractivity (Wildman–Crippen MR) is 76.5 cm³/mol. The quantitative estimate of drug-likeness (QED) is 0.872. The highest BCUT2D eigenvalue weighted by Gasteiger charge is 2.06. The first-order chi connectivity index (χ1) is 8.78. The minimum Gasteiger partial charge on any atom is -0.497 e. The number of fused-ring (bicyclic) bond motifs is 1. The van der Waals surface area contributed by atoms with Gasteiger partial charge in [-0.05, 0) is 37.1 Å². The average molecular weight is 244 g/mol. The van der Waals surface area contributed by atoms with Crippen molar-refractivity contribution in [3.8, 4) is 5.75 Å². The van der Waals surface area contributed by atoms with Gasteiger partial charge in [0.25, 0.3) is 0 Å². The first-order valence-corrected chi connectivity index (χ1v) is 6.50. The Bertz CT molecular complexity index is 537. The third-order valence-electron chi connectivity index (χ3n) is 3.00. The molecule has 0 aliphatic carbocycles. The molecule has 0 aliphatic heterocycles. The SMILES string of the molecule is CCCNc1cc(CC)nc2ccc(OC)cc12. The van der Waals surface area contributed by atoms with Crippen LogP contribution in [0.15, 0.2) is 24.3 Å². The van der Waals surface area contributed by atoms with Gasteiger partial charge >= 0.3 is 0 Å². The molecule has 0 atom stereocenters. The molecule has 1 heterocycles. The zero-order valence-corrected chi connectivity index (χ0v) is 11.3. The molecule has 0 saturated carbocycles. The summed E-state index contributed by atoms with van der Waals surface area (Å²) in [6, 6.07) is 8.15. The molecule has 0 saturated heterocycles. The third kappa shape index (κ3) is 2.55. The highest BCUT2D eigenvalue weighted by Crippen LogP contribution is 2.27. The van der Waals surface area contributed by atoms with Crippen LogP contribution in [0.25, 0.3) is 10.9 Å². The normalized spacial score (nSPS) is 10.6. The molecule has 1 aromatic carbocycles. The van der Waals surface area contributed by atoms with Crippen molar-refractivity contribution in [2.45, 2.75) is 26.7 Å². The number of benzene rings is 1. The van der Waals surface area contributed by atoms with Gasteiger partial charge in [0.15, 0.2) is 0 Å². The number of rotatable bonds is 5. The van der Waals surface area contributed by atoms with Gasteiger partial charge in [-0.15, -0.1) is 0 Å². The number of nitrogens with zero attached hydrogens (tertiary/aromatic N) is 1. The Kier molecular flexibility index (Phi) is 4.03. The molecule has 0 fully saturated rings. The Morgan fingerprint density at radius 1 is 1.22 bits per heavy atom. The molecule has 1 N–H and O–H groups in total. The van der Waals surface area contributed by atoms with Crippen LogP contribution in [0.2, 0.25) is 0 Å². The number of hydrogen-bond donors (Lipinski definition) is 1. The number of pyridine rings is 1. The van der Waals surface area contributed by atoms with Crippen LogP contribution in [0.5, 0.6) is 5.75 Å². The number of methoxy groups -OCH3 is 1. The van der Waals surface area contributed by atoms with Crippen LogP contribution in [-0.2, 0) is 6.42 Å². The number of aryl methyl sites for hydroxylation is 1. The molecule has 18 heavy (non-hydrogen) atoms. The molecule has 3 heteroatoms. The summed E-state index contributed by atoms with van der Waals surface area (Å²) in [5, 5.41) is 4.59. The maximum atomic E-state index is 5.28. The molecule has 0 radical (unpaired) electrons. The highest BCUT2D eigenvalue weighted by molar-refractivity contribution is 5.92. The summed E-state index contributed by atoms with van der Waals surface area (Å²) in [6.45, 7) is 5.26. The van der Waals surface area contributed by atoms with Crippen LogP contribution in [0.1, 0.15) is 26.0 Å². The fourth-order valence-electron chi connectivity index (χ4n) is 1.97. The molecule has 2 rings (SSSR count). The van der Waals surface area contributed by atoms with Crippen molar-refractivity contribution in [1.29, 1.82) is 0 Å². The number of hydrogen-bond acceptors (Lipinski definition) is 3. The monoisotopic (exact) mass is 244 g/mol. The lowest BCUT2D eigenvalue weighted by atomic mass is 10.1. The van der Waals surface area contributed by atoms with E-state index < -0.39 is 0 Å². The van der Waals surface area contributed by atoms with Gasteiger partial charge in [-0.2, -0.15) is 0 Å². The second-order valence-corrected chi connectivity index (χ2v) is 4.32. The van der Waals surface area contributed by atoms with E-state index in [9.17, 15) is 0 Å². The fraction of sp³-hybridized carbons (Fsp3) is 0.400. The Morgan fingerprint density at radius 3 is 2.72 bits per heavy atom. The van der Waals surface area contributed by atoms with Crippen molar-refractivity contribution >= 4 is 16.6 Å². The van der Waals surface area contributed by atoms with Gasteiger partial charge in [0, 0.05) is 23.3 Å². The maximum absolute atomic E-state index is 5.28. The zero-order chi connectivity index (χ0) is 13.0. The van der Waals surface area contributed by atoms with Gasteiger partial charge in [-0.3, -0.25) is 4.98 Å². The number of nitrogens with one attached hydrogen (secondary N) is 1. The van der Waals surface area contributed by atoms with Crippen LogP contribution in [0, 0.1) is 0 Å². The van der Waals surface area contributed by atoms with E-state index in [1.807, 2.05) is 18.2 Å². The average Bonchev–Trinajstić information content (AvgIpc) is 2.43. The summed E-state index contributed by atoms with van der Waals surface area (Å²) in [4.78, 5) is 4.64. The Hall–Kier alpha value is -1.77. The molecule has 96 valence electrons. The molecule has 1 aromatic heterocycles. The fourth-order valence-corrected chi connectivity index (χ4v) is 1.97. The van der Waals surface area contributed by atoms with Crippen LogP contribution < -0.4 is 10.1 Å². The van der Waals surface area contributed by atoms with E-state index in [0.29, 0.717) is 0 Å². The van der Waals surface area contributed by atoms with Crippen LogP contribution in [0.3, 0.4) is 0 Å². The minimum absolute atomic E-state index is 0.869. The van der Waals surface area contributed by atoms with Crippen molar-refractivity contribution in [3.63, 3.8) is 0 Å². The van der Waals surface area contributed by atoms with Gasteiger partial charge in [0.1, 0.15) is 5.75 Å². The van der Waals surface area contributed by atoms with Crippen LogP contribution in [0.4, 0.5) is 5.69 Å². The summed E-state index contributed by atoms with van der Waals surface area (Å²) < 4.78 is 5.28. The summed E-state index contributed by atoms with van der Waals surface area (Å²) in [5.41, 5.74) is 3.29. The van der Waals surface area contributed by atoms with Gasteiger partial charge in [-0.25, -0.2) is 0 Å². The topological polar surface area (TPSA) is 34.2 Å². The first kappa shape index (κ1) is 12.7. The lowest BCUT2D eigenvalue weighted by molar-refractivity contribution is 0.415. The van der Waals surface area contributed by atoms with E-state index in [4.69, 9.17) is 4.74 Å². The smallest absolute Gasteiger partial charge is 0.119 e. The molecule has 2 aromatic rings. The maximum Gasteiger partial charge on any atom is 0.119 e. The standard InChI is InChI=1S/C15H20N2O/c1-4-8-16-15-9-11(5-2)17-14-7-6-12(18-3)10-13(14)15/h6-7,9-10H,4-5,8H2,1-3H3,(H,16,17). The van der Waals surface area contributed by atoms with Gasteiger partial charge in [-0.1, -0.05) is 13.8 Å². The van der Waals surface area contributed by atoms with E-state index in [1.54, 1.807) is 7.11 Å². The van der Waals surface area contributed by atoms with Gasteiger partial charge in [0.05, 0.1) is 12.6 Å². The second kappa shape index (κ2) is 5.71. The van der Waals surface area contributed by atoms with Crippen molar-refractivity contribution in [2.75, 3.05) is 19.0 Å². The van der Waals surface area contributed by atoms with Gasteiger partial charge < -0.3 is 10.1 Å². The summed E-state index contributed by atoms with van der Waals surface area (Å²) in [6.07, 6.45) is 2.05. The highest BCUT2D eigenvalue weighted by atomic mass is 16.5. The molecule has 0 bridgehead atoms. The van der Waals surface area contributed by atoms with Crippen LogP contribution in [-0.4, -0.2) is 18.6 Å². The molecule has 3 nitrogen and oxygen atoms in total. The van der Waals surface area contributed by atoms with E-state index in [-0.39, 0.29) is 0 Å². The molecule has 0 aliphatic rings. The third-order valence-corrected chi connectivity index (χ3v) is 3.00. The lowest BCUT2D eigenvalue weighted by Gasteiger charge is -2.11. The molecular weight excluding hydrogens is 224 g/mol. The van der Waals surface area contributed by atoms with Crippen molar-refractivity contribution in [3.05, 3.63) is 30.0 Å². The van der Waals surface area contributed by atoms with Crippen LogP contribution >= 0.6 is 0 Å². The van der Waals surface area contributed by atoms with Crippen molar-refractivity contribution in [1.82, 2.24) is 4.98 Å². The Morgan fingerprint density at radius 2 is 2.06 bits per heavy atom. The number of aromatic nitrogens is 1. The molecule has 0 amide bonds. The van der Waals surface area contributed by atoms with Crippen molar-refractivity contribution < 1.29 is 4.74 Å². The lowest BCUT2D eigenvalue weighted by Crippen LogP contribution is -2.02. The van der Waals surface area contributed by atoms with E-state index in [1.165, 1.54) is 0 Å². The Balaban J connectivity index is 2.54. The summed E-state index contributed by atoms with van der Waals surface area (Å²) in [5.74, 6) is 0.869. The second-order valence-electron chi connectivity index (χ2n) is 4.32. The molecular formula is C15H20N2O. The first-order valence-electron chi connectivity index (χ1n) is 6.50. The Labute approximate surface area is 108 Å². The predicted octanol–water partition coefficient (Wildman–Crippen LogP) is 3.63. The van der Waals surface area contributed by atoms with E-state index in [0.717, 1.165) is 47.4 Å². The van der Waals surface area contributed by atoms with E-state index >= 15 is 0 Å². The number of anilines is 1. The largest absolute Gasteiger partial charge is 0.497 e. The molecule has 0 spiro atoms.